The molecule has 2 aromatic heterocycles. The minimum absolute atomic E-state index is 0. The van der Waals surface area contributed by atoms with Crippen molar-refractivity contribution in [2.24, 2.45) is 20.5 Å². The van der Waals surface area contributed by atoms with Crippen LogP contribution >= 0.6 is 0 Å². The van der Waals surface area contributed by atoms with Crippen molar-refractivity contribution in [1.29, 1.82) is 0 Å². The molecule has 2 N–H and O–H groups in total. The van der Waals surface area contributed by atoms with Crippen molar-refractivity contribution in [3.8, 4) is 0 Å². The van der Waals surface area contributed by atoms with Crippen LogP contribution in [0.25, 0.3) is 0 Å². The summed E-state index contributed by atoms with van der Waals surface area (Å²) in [5.74, 6) is -5.82. The maximum absolute atomic E-state index is 13.7. The van der Waals surface area contributed by atoms with Gasteiger partial charge in [-0.05, 0) is 46.2 Å². The van der Waals surface area contributed by atoms with Gasteiger partial charge in [-0.3, -0.25) is 9.97 Å². The van der Waals surface area contributed by atoms with E-state index in [9.17, 15) is 72.5 Å². The number of rotatable bonds is 4. The van der Waals surface area contributed by atoms with Crippen LogP contribution in [0.2, 0.25) is 0 Å². The number of hydrogen-bond acceptors (Lipinski definition) is 12. The predicted molar refractivity (Wildman–Crippen MR) is 145 cm³/mol. The molecule has 2 aromatic rings. The molecule has 0 saturated heterocycles. The zero-order valence-electron chi connectivity index (χ0n) is 27.7. The first-order valence-electron chi connectivity index (χ1n) is 14.2. The number of nitrogens with one attached hydrogen (secondary N) is 2. The van der Waals surface area contributed by atoms with Crippen molar-refractivity contribution in [2.75, 3.05) is 0 Å². The third-order valence-electron chi connectivity index (χ3n) is 7.65. The Labute approximate surface area is 304 Å². The van der Waals surface area contributed by atoms with E-state index in [-0.39, 0.29) is 19.8 Å². The molecule has 0 aliphatic carbocycles. The molecule has 0 radical (unpaired) electrons. The second kappa shape index (κ2) is 13.8. The maximum atomic E-state index is 13.7. The molecule has 4 rings (SSSR count). The number of azo groups is 2. The molecule has 12 nitrogen and oxygen atoms in total. The van der Waals surface area contributed by atoms with Gasteiger partial charge in [0.15, 0.2) is 0 Å². The number of aliphatic carboxylic acids is 2. The van der Waals surface area contributed by atoms with E-state index in [0.29, 0.717) is 11.1 Å². The molecule has 4 unspecified atom stereocenters. The number of pyridine rings is 2. The van der Waals surface area contributed by atoms with Crippen LogP contribution in [0.4, 0.5) is 52.7 Å². The molecule has 4 atom stereocenters. The summed E-state index contributed by atoms with van der Waals surface area (Å²) in [6.07, 6.45) is -20.5. The number of carboxylic acid groups (broad SMARTS) is 2. The summed E-state index contributed by atoms with van der Waals surface area (Å²) < 4.78 is 161. The van der Waals surface area contributed by atoms with Crippen LogP contribution in [0, 0.1) is 0 Å². The molecule has 0 aromatic carbocycles. The molecule has 294 valence electrons. The Kier molecular flexibility index (Phi) is 11.8. The Bertz CT molecular complexity index is 1640. The van der Waals surface area contributed by atoms with Crippen molar-refractivity contribution >= 4 is 11.9 Å². The fourth-order valence-electron chi connectivity index (χ4n) is 4.56. The maximum Gasteiger partial charge on any atom is 2.00 e. The molecular weight excluding hydrogens is 931 g/mol. The van der Waals surface area contributed by atoms with Gasteiger partial charge in [0.2, 0.25) is 0 Å². The first-order chi connectivity index (χ1) is 23.1. The SMILES string of the molecule is CC(C)(C)c1ccnc(C2(C(F)(F)F)N=NC(C(=O)[O-])(C(F)(F)F)N2)c1.CC(C)(C)c1ccnc(C2(C(F)(F)F)N=NC(C(=O)[O-])(C(F)(F)F)N2)c1.[Os+2]. The second-order valence-corrected chi connectivity index (χ2v) is 13.4. The molecule has 53 heavy (non-hydrogen) atoms. The average molecular weight is 957 g/mol. The standard InChI is InChI=1S/2C14H14F6N4O2.Os/c2*1-10(2,3)7-4-5-21-8(6-7)11(13(15,16)17)22-12(9(25)26,24-23-11)14(18,19)20;/h2*4-6,22H,1-3H3,(H,25,26);/q;;+2/p-2. The van der Waals surface area contributed by atoms with E-state index in [0.717, 1.165) is 35.2 Å². The number of hydrogen-bond donors (Lipinski definition) is 2. The first kappa shape index (κ1) is 45.3. The number of halogens is 12. The van der Waals surface area contributed by atoms with Crippen molar-refractivity contribution in [3.63, 3.8) is 0 Å². The van der Waals surface area contributed by atoms with E-state index in [2.05, 4.69) is 30.4 Å². The molecule has 0 spiro atoms. The molecule has 0 saturated carbocycles. The molecule has 4 heterocycles. The number of aromatic nitrogens is 2. The molecule has 0 fully saturated rings. The summed E-state index contributed by atoms with van der Waals surface area (Å²) in [6.45, 7) is 9.98. The van der Waals surface area contributed by atoms with Crippen LogP contribution in [0.15, 0.2) is 57.1 Å². The Morgan fingerprint density at radius 1 is 0.547 bits per heavy atom. The van der Waals surface area contributed by atoms with E-state index < -0.39 is 81.5 Å². The van der Waals surface area contributed by atoms with Crippen LogP contribution in [0.3, 0.4) is 0 Å². The van der Waals surface area contributed by atoms with Gasteiger partial charge in [-0.15, -0.1) is 0 Å². The zero-order valence-corrected chi connectivity index (χ0v) is 30.2. The Morgan fingerprint density at radius 3 is 1.02 bits per heavy atom. The van der Waals surface area contributed by atoms with Crippen molar-refractivity contribution in [2.45, 2.75) is 99.7 Å². The van der Waals surface area contributed by atoms with Gasteiger partial charge in [0, 0.05) is 12.4 Å². The van der Waals surface area contributed by atoms with Gasteiger partial charge >= 0.3 is 44.5 Å². The van der Waals surface area contributed by atoms with E-state index in [1.165, 1.54) is 12.1 Å². The molecule has 2 aliphatic heterocycles. The monoisotopic (exact) mass is 958 g/mol. The number of alkyl halides is 12. The van der Waals surface area contributed by atoms with Crippen LogP contribution in [-0.4, -0.2) is 57.9 Å². The number of carbonyl (C=O) groups excluding carboxylic acids is 2. The Morgan fingerprint density at radius 2 is 0.830 bits per heavy atom. The molecule has 25 heteroatoms. The van der Waals surface area contributed by atoms with Gasteiger partial charge in [-0.1, -0.05) is 41.5 Å². The molecule has 2 aliphatic rings. The summed E-state index contributed by atoms with van der Waals surface area (Å²) in [7, 11) is 0. The van der Waals surface area contributed by atoms with Crippen molar-refractivity contribution in [1.82, 2.24) is 20.6 Å². The van der Waals surface area contributed by atoms with Gasteiger partial charge in [0.25, 0.3) is 22.7 Å². The normalized spacial score (nSPS) is 26.5. The average Bonchev–Trinajstić information content (AvgIpc) is 3.61. The minimum Gasteiger partial charge on any atom is -0.546 e. The fourth-order valence-corrected chi connectivity index (χ4v) is 4.56. The van der Waals surface area contributed by atoms with E-state index in [1.807, 2.05) is 0 Å². The number of nitrogens with zero attached hydrogens (tertiary/aromatic N) is 6. The summed E-state index contributed by atoms with van der Waals surface area (Å²) in [4.78, 5) is 28.9. The smallest absolute Gasteiger partial charge is 0.546 e. The van der Waals surface area contributed by atoms with Gasteiger partial charge in [0.1, 0.15) is 0 Å². The summed E-state index contributed by atoms with van der Waals surface area (Å²) in [6, 6.07) is 4.58. The quantitative estimate of drug-likeness (QED) is 0.426. The Balaban J connectivity index is 0.000000360. The van der Waals surface area contributed by atoms with Crippen molar-refractivity contribution in [3.05, 3.63) is 59.2 Å². The topological polar surface area (TPSA) is 180 Å². The summed E-state index contributed by atoms with van der Waals surface area (Å²) in [5, 5.41) is 34.1. The number of carbonyl (C=O) groups is 2. The van der Waals surface area contributed by atoms with Gasteiger partial charge in [-0.2, -0.15) is 73.1 Å². The molecule has 0 bridgehead atoms. The van der Waals surface area contributed by atoms with Crippen LogP contribution in [0.5, 0.6) is 0 Å². The fraction of sp³-hybridized carbons (Fsp3) is 0.571. The largest absolute Gasteiger partial charge is 2.00 e. The summed E-state index contributed by atoms with van der Waals surface area (Å²) in [5.41, 5.74) is -18.9. The minimum atomic E-state index is -5.73. The first-order valence-corrected chi connectivity index (χ1v) is 14.2. The molecular formula is C28H26F12N8O4Os. The van der Waals surface area contributed by atoms with Crippen molar-refractivity contribution < 1.29 is 92.3 Å². The predicted octanol–water partition coefficient (Wildman–Crippen LogP) is 4.31. The van der Waals surface area contributed by atoms with Crippen LogP contribution < -0.4 is 20.8 Å². The van der Waals surface area contributed by atoms with E-state index >= 15 is 0 Å². The van der Waals surface area contributed by atoms with Crippen LogP contribution in [0.1, 0.15) is 64.1 Å². The second-order valence-electron chi connectivity index (χ2n) is 13.4. The van der Waals surface area contributed by atoms with Gasteiger partial charge in [0.05, 0.1) is 23.3 Å². The van der Waals surface area contributed by atoms with E-state index in [1.54, 1.807) is 41.5 Å². The van der Waals surface area contributed by atoms with Gasteiger partial charge < -0.3 is 19.8 Å². The summed E-state index contributed by atoms with van der Waals surface area (Å²) >= 11 is 0. The molecule has 0 amide bonds. The van der Waals surface area contributed by atoms with Crippen LogP contribution in [-0.2, 0) is 51.5 Å². The third kappa shape index (κ3) is 7.87. The van der Waals surface area contributed by atoms with E-state index in [4.69, 9.17) is 0 Å². The van der Waals surface area contributed by atoms with Gasteiger partial charge in [-0.25, -0.2) is 10.6 Å². The zero-order chi connectivity index (χ0) is 40.4. The Hall–Kier alpha value is -3.84. The number of carboxylic acids is 2. The third-order valence-corrected chi connectivity index (χ3v) is 7.65.